The fourth-order valence-electron chi connectivity index (χ4n) is 2.30. The number of ketones is 1. The van der Waals surface area contributed by atoms with Gasteiger partial charge in [0, 0.05) is 15.7 Å². The predicted octanol–water partition coefficient (Wildman–Crippen LogP) is 3.97. The van der Waals surface area contributed by atoms with E-state index in [0.717, 1.165) is 15.7 Å². The van der Waals surface area contributed by atoms with Crippen molar-refractivity contribution in [2.45, 2.75) is 19.3 Å². The number of fused-ring (bicyclic) bond motifs is 1. The van der Waals surface area contributed by atoms with E-state index in [2.05, 4.69) is 21.2 Å². The molecule has 1 N–H and O–H groups in total. The molecule has 5 heteroatoms. The monoisotopic (exact) mass is 349 g/mol. The summed E-state index contributed by atoms with van der Waals surface area (Å²) in [5.74, 6) is -0.0563. The van der Waals surface area contributed by atoms with Crippen LogP contribution in [0.5, 0.6) is 0 Å². The summed E-state index contributed by atoms with van der Waals surface area (Å²) in [5.41, 5.74) is 1.68. The van der Waals surface area contributed by atoms with Crippen LogP contribution in [0.1, 0.15) is 34.6 Å². The number of rotatable bonds is 2. The molecule has 20 heavy (non-hydrogen) atoms. The molecule has 0 spiro atoms. The van der Waals surface area contributed by atoms with Gasteiger partial charge in [-0.15, -0.1) is 11.3 Å². The quantitative estimate of drug-likeness (QED) is 0.833. The summed E-state index contributed by atoms with van der Waals surface area (Å²) in [7, 11) is 0. The number of amides is 1. The van der Waals surface area contributed by atoms with Crippen LogP contribution in [-0.2, 0) is 10.2 Å². The maximum absolute atomic E-state index is 12.5. The van der Waals surface area contributed by atoms with E-state index in [9.17, 15) is 9.59 Å². The van der Waals surface area contributed by atoms with Crippen molar-refractivity contribution in [3.8, 4) is 0 Å². The molecule has 1 amide bonds. The van der Waals surface area contributed by atoms with Gasteiger partial charge in [-0.2, -0.15) is 0 Å². The third-order valence-electron chi connectivity index (χ3n) is 3.59. The molecule has 1 aromatic heterocycles. The van der Waals surface area contributed by atoms with Crippen LogP contribution in [0.4, 0.5) is 5.69 Å². The number of nitrogens with one attached hydrogen (secondary N) is 1. The molecular formula is C15H12BrNO2S. The standard InChI is InChI=1S/C15H12BrNO2S/c1-15(2)9-7-8(3-4-11(9)17-14(15)19)12(18)13-10(16)5-6-20-13/h3-7H,1-2H3,(H,17,19). The Bertz CT molecular complexity index is 733. The first kappa shape index (κ1) is 13.5. The highest BCUT2D eigenvalue weighted by Gasteiger charge is 2.38. The largest absolute Gasteiger partial charge is 0.325 e. The molecule has 0 fully saturated rings. The van der Waals surface area contributed by atoms with E-state index in [1.54, 1.807) is 12.1 Å². The molecule has 1 aromatic carbocycles. The number of carbonyl (C=O) groups excluding carboxylic acids is 2. The van der Waals surface area contributed by atoms with E-state index >= 15 is 0 Å². The van der Waals surface area contributed by atoms with E-state index in [1.165, 1.54) is 11.3 Å². The minimum Gasteiger partial charge on any atom is -0.325 e. The number of thiophene rings is 1. The molecule has 2 aromatic rings. The van der Waals surface area contributed by atoms with Crippen LogP contribution in [-0.4, -0.2) is 11.7 Å². The molecule has 2 heterocycles. The molecule has 3 nitrogen and oxygen atoms in total. The third-order valence-corrected chi connectivity index (χ3v) is 5.43. The van der Waals surface area contributed by atoms with Gasteiger partial charge in [0.15, 0.2) is 0 Å². The van der Waals surface area contributed by atoms with Crippen LogP contribution in [0.25, 0.3) is 0 Å². The lowest BCUT2D eigenvalue weighted by atomic mass is 9.85. The van der Waals surface area contributed by atoms with Crippen LogP contribution in [0.15, 0.2) is 34.1 Å². The Morgan fingerprint density at radius 1 is 1.30 bits per heavy atom. The summed E-state index contributed by atoms with van der Waals surface area (Å²) < 4.78 is 0.807. The van der Waals surface area contributed by atoms with Gasteiger partial charge in [0.25, 0.3) is 0 Å². The summed E-state index contributed by atoms with van der Waals surface area (Å²) in [5, 5.41) is 4.72. The van der Waals surface area contributed by atoms with Crippen molar-refractivity contribution in [1.29, 1.82) is 0 Å². The van der Waals surface area contributed by atoms with Crippen molar-refractivity contribution in [1.82, 2.24) is 0 Å². The van der Waals surface area contributed by atoms with E-state index in [1.807, 2.05) is 31.4 Å². The van der Waals surface area contributed by atoms with E-state index < -0.39 is 5.41 Å². The summed E-state index contributed by atoms with van der Waals surface area (Å²) in [4.78, 5) is 25.1. The second kappa shape index (κ2) is 4.53. The summed E-state index contributed by atoms with van der Waals surface area (Å²) in [6, 6.07) is 7.24. The SMILES string of the molecule is CC1(C)C(=O)Nc2ccc(C(=O)c3sccc3Br)cc21. The number of carbonyl (C=O) groups is 2. The Kier molecular flexibility index (Phi) is 3.06. The first-order valence-corrected chi connectivity index (χ1v) is 7.82. The smallest absolute Gasteiger partial charge is 0.234 e. The second-order valence-electron chi connectivity index (χ2n) is 5.27. The first-order valence-electron chi connectivity index (χ1n) is 6.15. The zero-order chi connectivity index (χ0) is 14.5. The fraction of sp³-hybridized carbons (Fsp3) is 0.200. The highest BCUT2D eigenvalue weighted by Crippen LogP contribution is 2.38. The van der Waals surface area contributed by atoms with Crippen LogP contribution < -0.4 is 5.32 Å². The van der Waals surface area contributed by atoms with Gasteiger partial charge in [-0.25, -0.2) is 0 Å². The van der Waals surface area contributed by atoms with Gasteiger partial charge < -0.3 is 5.32 Å². The number of hydrogen-bond acceptors (Lipinski definition) is 3. The minimum atomic E-state index is -0.599. The average Bonchev–Trinajstić information content (AvgIpc) is 2.92. The van der Waals surface area contributed by atoms with E-state index in [4.69, 9.17) is 0 Å². The lowest BCUT2D eigenvalue weighted by Gasteiger charge is -2.15. The van der Waals surface area contributed by atoms with Crippen molar-refractivity contribution in [2.24, 2.45) is 0 Å². The summed E-state index contributed by atoms with van der Waals surface area (Å²) in [6.45, 7) is 3.73. The van der Waals surface area contributed by atoms with Gasteiger partial charge in [-0.3, -0.25) is 9.59 Å². The Morgan fingerprint density at radius 3 is 2.70 bits per heavy atom. The van der Waals surface area contributed by atoms with Gasteiger partial charge in [0.1, 0.15) is 0 Å². The van der Waals surface area contributed by atoms with Gasteiger partial charge in [0.2, 0.25) is 11.7 Å². The Labute approximate surface area is 129 Å². The Hall–Kier alpha value is -1.46. The van der Waals surface area contributed by atoms with Gasteiger partial charge >= 0.3 is 0 Å². The van der Waals surface area contributed by atoms with Gasteiger partial charge in [-0.1, -0.05) is 0 Å². The molecule has 3 rings (SSSR count). The van der Waals surface area contributed by atoms with Crippen LogP contribution in [0.2, 0.25) is 0 Å². The minimum absolute atomic E-state index is 0.0233. The predicted molar refractivity (Wildman–Crippen MR) is 83.5 cm³/mol. The van der Waals surface area contributed by atoms with Crippen molar-refractivity contribution in [3.05, 3.63) is 50.1 Å². The molecule has 0 aliphatic carbocycles. The Morgan fingerprint density at radius 2 is 2.05 bits per heavy atom. The maximum Gasteiger partial charge on any atom is 0.234 e. The molecule has 0 atom stereocenters. The van der Waals surface area contributed by atoms with Crippen molar-refractivity contribution in [2.75, 3.05) is 5.32 Å². The van der Waals surface area contributed by atoms with Crippen LogP contribution >= 0.6 is 27.3 Å². The van der Waals surface area contributed by atoms with Crippen molar-refractivity contribution in [3.63, 3.8) is 0 Å². The molecule has 0 saturated carbocycles. The normalized spacial score (nSPS) is 15.8. The molecule has 0 saturated heterocycles. The lowest BCUT2D eigenvalue weighted by molar-refractivity contribution is -0.119. The number of hydrogen-bond donors (Lipinski definition) is 1. The first-order chi connectivity index (χ1) is 9.41. The highest BCUT2D eigenvalue weighted by atomic mass is 79.9. The van der Waals surface area contributed by atoms with Gasteiger partial charge in [0.05, 0.1) is 10.3 Å². The molecule has 1 aliphatic rings. The number of anilines is 1. The van der Waals surface area contributed by atoms with Crippen LogP contribution in [0.3, 0.4) is 0 Å². The van der Waals surface area contributed by atoms with Crippen molar-refractivity contribution < 1.29 is 9.59 Å². The zero-order valence-electron chi connectivity index (χ0n) is 11.0. The lowest BCUT2D eigenvalue weighted by Crippen LogP contribution is -2.27. The molecule has 0 bridgehead atoms. The maximum atomic E-state index is 12.5. The fourth-order valence-corrected chi connectivity index (χ4v) is 3.81. The molecular weight excluding hydrogens is 338 g/mol. The summed E-state index contributed by atoms with van der Waals surface area (Å²) in [6.07, 6.45) is 0. The Balaban J connectivity index is 2.07. The van der Waals surface area contributed by atoms with E-state index in [0.29, 0.717) is 10.4 Å². The number of halogens is 1. The second-order valence-corrected chi connectivity index (χ2v) is 7.04. The summed E-state index contributed by atoms with van der Waals surface area (Å²) >= 11 is 4.79. The third kappa shape index (κ3) is 1.93. The topological polar surface area (TPSA) is 46.2 Å². The molecule has 102 valence electrons. The number of benzene rings is 1. The van der Waals surface area contributed by atoms with E-state index in [-0.39, 0.29) is 11.7 Å². The highest BCUT2D eigenvalue weighted by molar-refractivity contribution is 9.10. The molecule has 0 unspecified atom stereocenters. The molecule has 0 radical (unpaired) electrons. The zero-order valence-corrected chi connectivity index (χ0v) is 13.4. The average molecular weight is 350 g/mol. The molecule has 1 aliphatic heterocycles. The van der Waals surface area contributed by atoms with Crippen LogP contribution in [0, 0.1) is 0 Å². The van der Waals surface area contributed by atoms with Gasteiger partial charge in [-0.05, 0) is 65.0 Å². The van der Waals surface area contributed by atoms with Crippen molar-refractivity contribution >= 4 is 44.6 Å².